The Kier molecular flexibility index (Phi) is 4.06. The largest absolute Gasteiger partial charge is 0.491 e. The topological polar surface area (TPSA) is 35.2 Å². The molecule has 0 aliphatic heterocycles. The van der Waals surface area contributed by atoms with E-state index in [1.54, 1.807) is 0 Å². The molecule has 2 nitrogen and oxygen atoms in total. The van der Waals surface area contributed by atoms with E-state index in [4.69, 9.17) is 10.5 Å². The van der Waals surface area contributed by atoms with Gasteiger partial charge >= 0.3 is 0 Å². The molecule has 2 N–H and O–H groups in total. The molecule has 1 fully saturated rings. The second-order valence-electron chi connectivity index (χ2n) is 5.38. The van der Waals surface area contributed by atoms with Crippen LogP contribution in [0.1, 0.15) is 51.1 Å². The molecular weight excluding hydrogens is 210 g/mol. The molecule has 0 spiro atoms. The van der Waals surface area contributed by atoms with Crippen LogP contribution in [0.3, 0.4) is 0 Å². The van der Waals surface area contributed by atoms with Crippen molar-refractivity contribution >= 4 is 0 Å². The average molecular weight is 233 g/mol. The average Bonchev–Trinajstić information content (AvgIpc) is 2.22. The Morgan fingerprint density at radius 1 is 1.35 bits per heavy atom. The van der Waals surface area contributed by atoms with Crippen LogP contribution in [-0.4, -0.2) is 6.10 Å². The van der Waals surface area contributed by atoms with Crippen LogP contribution < -0.4 is 10.5 Å². The molecule has 1 aromatic rings. The Hall–Kier alpha value is -1.02. The summed E-state index contributed by atoms with van der Waals surface area (Å²) in [5.74, 6) is 1.78. The van der Waals surface area contributed by atoms with Gasteiger partial charge in [0.1, 0.15) is 5.75 Å². The van der Waals surface area contributed by atoms with Crippen molar-refractivity contribution in [2.75, 3.05) is 0 Å². The lowest BCUT2D eigenvalue weighted by Gasteiger charge is -2.28. The third-order valence-corrected chi connectivity index (χ3v) is 3.47. The Balaban J connectivity index is 1.98. The van der Waals surface area contributed by atoms with Crippen molar-refractivity contribution in [1.82, 2.24) is 0 Å². The molecule has 1 atom stereocenters. The van der Waals surface area contributed by atoms with Crippen molar-refractivity contribution in [2.45, 2.75) is 51.7 Å². The van der Waals surface area contributed by atoms with Gasteiger partial charge in [0.15, 0.2) is 0 Å². The van der Waals surface area contributed by atoms with Crippen LogP contribution in [0.2, 0.25) is 0 Å². The number of ether oxygens (including phenoxy) is 1. The third kappa shape index (κ3) is 3.47. The van der Waals surface area contributed by atoms with Crippen LogP contribution in [0.4, 0.5) is 0 Å². The Bertz CT molecular complexity index is 358. The fraction of sp³-hybridized carbons (Fsp3) is 0.600. The van der Waals surface area contributed by atoms with Crippen LogP contribution in [-0.2, 0) is 0 Å². The standard InChI is InChI=1S/C15H23NO/c1-11(2)17-14-8-4-7-13(10-14)15(16)9-12-5-3-6-12/h4,7-8,10-12,15H,3,5-6,9,16H2,1-2H3. The summed E-state index contributed by atoms with van der Waals surface area (Å²) in [7, 11) is 0. The van der Waals surface area contributed by atoms with Crippen LogP contribution in [0.5, 0.6) is 5.75 Å². The van der Waals surface area contributed by atoms with Gasteiger partial charge in [-0.3, -0.25) is 0 Å². The molecule has 17 heavy (non-hydrogen) atoms. The first kappa shape index (κ1) is 12.4. The quantitative estimate of drug-likeness (QED) is 0.842. The molecule has 1 saturated carbocycles. The maximum atomic E-state index is 6.25. The summed E-state index contributed by atoms with van der Waals surface area (Å²) in [6, 6.07) is 8.39. The van der Waals surface area contributed by atoms with Crippen LogP contribution >= 0.6 is 0 Å². The van der Waals surface area contributed by atoms with Gasteiger partial charge in [-0.2, -0.15) is 0 Å². The van der Waals surface area contributed by atoms with E-state index in [9.17, 15) is 0 Å². The SMILES string of the molecule is CC(C)Oc1cccc(C(N)CC2CCC2)c1. The molecule has 2 rings (SSSR count). The van der Waals surface area contributed by atoms with Crippen molar-refractivity contribution in [3.05, 3.63) is 29.8 Å². The zero-order valence-corrected chi connectivity index (χ0v) is 10.9. The van der Waals surface area contributed by atoms with Crippen LogP contribution in [0.15, 0.2) is 24.3 Å². The fourth-order valence-electron chi connectivity index (χ4n) is 2.31. The third-order valence-electron chi connectivity index (χ3n) is 3.47. The zero-order chi connectivity index (χ0) is 12.3. The van der Waals surface area contributed by atoms with Gasteiger partial charge in [-0.1, -0.05) is 31.4 Å². The van der Waals surface area contributed by atoms with Crippen molar-refractivity contribution in [2.24, 2.45) is 11.7 Å². The van der Waals surface area contributed by atoms with Gasteiger partial charge in [-0.25, -0.2) is 0 Å². The van der Waals surface area contributed by atoms with Crippen molar-refractivity contribution in [3.8, 4) is 5.75 Å². The van der Waals surface area contributed by atoms with E-state index in [2.05, 4.69) is 12.1 Å². The molecular formula is C15H23NO. The van der Waals surface area contributed by atoms with Gasteiger partial charge in [0.05, 0.1) is 6.10 Å². The Labute approximate surface area is 104 Å². The van der Waals surface area contributed by atoms with E-state index in [0.717, 1.165) is 18.1 Å². The predicted molar refractivity (Wildman–Crippen MR) is 71.1 cm³/mol. The minimum atomic E-state index is 0.163. The lowest BCUT2D eigenvalue weighted by molar-refractivity contribution is 0.241. The lowest BCUT2D eigenvalue weighted by atomic mass is 9.80. The van der Waals surface area contributed by atoms with Gasteiger partial charge in [-0.15, -0.1) is 0 Å². The summed E-state index contributed by atoms with van der Waals surface area (Å²) in [5, 5.41) is 0. The number of hydrogen-bond donors (Lipinski definition) is 1. The highest BCUT2D eigenvalue weighted by Crippen LogP contribution is 2.34. The minimum Gasteiger partial charge on any atom is -0.491 e. The molecule has 0 heterocycles. The molecule has 1 aliphatic rings. The molecule has 1 aliphatic carbocycles. The highest BCUT2D eigenvalue weighted by molar-refractivity contribution is 5.30. The highest BCUT2D eigenvalue weighted by Gasteiger charge is 2.21. The summed E-state index contributed by atoms with van der Waals surface area (Å²) >= 11 is 0. The van der Waals surface area contributed by atoms with Crippen molar-refractivity contribution in [1.29, 1.82) is 0 Å². The van der Waals surface area contributed by atoms with Gasteiger partial charge in [0.2, 0.25) is 0 Å². The summed E-state index contributed by atoms with van der Waals surface area (Å²) in [4.78, 5) is 0. The summed E-state index contributed by atoms with van der Waals surface area (Å²) in [6.07, 6.45) is 5.43. The maximum Gasteiger partial charge on any atom is 0.120 e. The number of nitrogens with two attached hydrogens (primary N) is 1. The Morgan fingerprint density at radius 3 is 2.71 bits per heavy atom. The first-order valence-corrected chi connectivity index (χ1v) is 6.67. The van der Waals surface area contributed by atoms with E-state index in [-0.39, 0.29) is 12.1 Å². The monoisotopic (exact) mass is 233 g/mol. The summed E-state index contributed by atoms with van der Waals surface area (Å²) in [6.45, 7) is 4.09. The molecule has 0 saturated heterocycles. The predicted octanol–water partition coefficient (Wildman–Crippen LogP) is 3.66. The van der Waals surface area contributed by atoms with Gasteiger partial charge in [0.25, 0.3) is 0 Å². The second kappa shape index (κ2) is 5.54. The van der Waals surface area contributed by atoms with Gasteiger partial charge in [-0.05, 0) is 43.9 Å². The van der Waals surface area contributed by atoms with Crippen LogP contribution in [0, 0.1) is 5.92 Å². The Morgan fingerprint density at radius 2 is 2.12 bits per heavy atom. The highest BCUT2D eigenvalue weighted by atomic mass is 16.5. The molecule has 1 unspecified atom stereocenters. The van der Waals surface area contributed by atoms with E-state index >= 15 is 0 Å². The van der Waals surface area contributed by atoms with E-state index in [1.165, 1.54) is 24.8 Å². The second-order valence-corrected chi connectivity index (χ2v) is 5.38. The number of benzene rings is 1. The summed E-state index contributed by atoms with van der Waals surface area (Å²) in [5.41, 5.74) is 7.45. The van der Waals surface area contributed by atoms with Crippen molar-refractivity contribution in [3.63, 3.8) is 0 Å². The minimum absolute atomic E-state index is 0.163. The van der Waals surface area contributed by atoms with Crippen molar-refractivity contribution < 1.29 is 4.74 Å². The molecule has 1 aromatic carbocycles. The van der Waals surface area contributed by atoms with E-state index < -0.39 is 0 Å². The van der Waals surface area contributed by atoms with Gasteiger partial charge in [0, 0.05) is 6.04 Å². The van der Waals surface area contributed by atoms with E-state index in [0.29, 0.717) is 0 Å². The number of hydrogen-bond acceptors (Lipinski definition) is 2. The molecule has 94 valence electrons. The van der Waals surface area contributed by atoms with Gasteiger partial charge < -0.3 is 10.5 Å². The lowest BCUT2D eigenvalue weighted by Crippen LogP contribution is -2.20. The fourth-order valence-corrected chi connectivity index (χ4v) is 2.31. The molecule has 0 amide bonds. The first-order chi connectivity index (χ1) is 8.15. The maximum absolute atomic E-state index is 6.25. The molecule has 0 aromatic heterocycles. The molecule has 2 heteroatoms. The first-order valence-electron chi connectivity index (χ1n) is 6.67. The number of rotatable bonds is 5. The molecule has 0 bridgehead atoms. The zero-order valence-electron chi connectivity index (χ0n) is 10.9. The molecule has 0 radical (unpaired) electrons. The summed E-state index contributed by atoms with van der Waals surface area (Å²) < 4.78 is 5.69. The normalized spacial score (nSPS) is 17.9. The smallest absolute Gasteiger partial charge is 0.120 e. The van der Waals surface area contributed by atoms with Crippen LogP contribution in [0.25, 0.3) is 0 Å². The van der Waals surface area contributed by atoms with E-state index in [1.807, 2.05) is 26.0 Å².